The molecule has 1 aromatic heterocycles. The maximum Gasteiger partial charge on any atom is 0.224 e. The number of aryl methyl sites for hydroxylation is 2. The molecule has 1 amide bonds. The van der Waals surface area contributed by atoms with E-state index in [2.05, 4.69) is 34.3 Å². The zero-order chi connectivity index (χ0) is 16.1. The first-order chi connectivity index (χ1) is 11.2. The van der Waals surface area contributed by atoms with Gasteiger partial charge in [0.25, 0.3) is 0 Å². The van der Waals surface area contributed by atoms with Gasteiger partial charge in [-0.25, -0.2) is 4.98 Å². The van der Waals surface area contributed by atoms with E-state index in [1.54, 1.807) is 12.5 Å². The highest BCUT2D eigenvalue weighted by atomic mass is 16.1. The molecule has 0 unspecified atom stereocenters. The van der Waals surface area contributed by atoms with Crippen molar-refractivity contribution in [2.45, 2.75) is 19.8 Å². The number of H-pyrrole nitrogens is 1. The molecule has 116 valence electrons. The van der Waals surface area contributed by atoms with E-state index >= 15 is 0 Å². The van der Waals surface area contributed by atoms with E-state index in [0.717, 1.165) is 23.4 Å². The van der Waals surface area contributed by atoms with Crippen LogP contribution in [0, 0.1) is 6.92 Å². The topological polar surface area (TPSA) is 57.8 Å². The number of imidazole rings is 1. The Labute approximate surface area is 135 Å². The van der Waals surface area contributed by atoms with Crippen molar-refractivity contribution in [3.05, 3.63) is 72.2 Å². The van der Waals surface area contributed by atoms with Crippen LogP contribution in [0.2, 0.25) is 0 Å². The first-order valence-electron chi connectivity index (χ1n) is 7.65. The summed E-state index contributed by atoms with van der Waals surface area (Å²) < 4.78 is 0. The molecule has 3 rings (SSSR count). The van der Waals surface area contributed by atoms with Gasteiger partial charge in [0.1, 0.15) is 0 Å². The van der Waals surface area contributed by atoms with E-state index in [0.29, 0.717) is 6.42 Å². The molecule has 0 aliphatic rings. The van der Waals surface area contributed by atoms with Gasteiger partial charge in [0.2, 0.25) is 5.91 Å². The largest absolute Gasteiger partial charge is 0.345 e. The van der Waals surface area contributed by atoms with Crippen molar-refractivity contribution in [2.75, 3.05) is 5.32 Å². The molecule has 0 aliphatic carbocycles. The predicted octanol–water partition coefficient (Wildman–Crippen LogP) is 3.96. The highest BCUT2D eigenvalue weighted by Crippen LogP contribution is 2.20. The van der Waals surface area contributed by atoms with Crippen LogP contribution in [0.15, 0.2) is 61.1 Å². The Bertz CT molecular complexity index is 794. The molecule has 2 N–H and O–H groups in total. The molecule has 0 radical (unpaired) electrons. The number of hydrogen-bond donors (Lipinski definition) is 2. The minimum absolute atomic E-state index is 0.0232. The van der Waals surface area contributed by atoms with E-state index in [1.165, 1.54) is 11.1 Å². The third kappa shape index (κ3) is 3.86. The number of amides is 1. The van der Waals surface area contributed by atoms with Crippen molar-refractivity contribution in [1.29, 1.82) is 0 Å². The molecule has 2 aromatic carbocycles. The quantitative estimate of drug-likeness (QED) is 0.749. The highest BCUT2D eigenvalue weighted by molar-refractivity contribution is 5.91. The van der Waals surface area contributed by atoms with Crippen molar-refractivity contribution in [1.82, 2.24) is 9.97 Å². The van der Waals surface area contributed by atoms with Gasteiger partial charge in [0.05, 0.1) is 18.2 Å². The summed E-state index contributed by atoms with van der Waals surface area (Å²) in [5.41, 5.74) is 5.17. The second-order valence-electron chi connectivity index (χ2n) is 5.52. The van der Waals surface area contributed by atoms with Crippen molar-refractivity contribution >= 4 is 11.6 Å². The number of benzene rings is 2. The van der Waals surface area contributed by atoms with Crippen LogP contribution in [0.3, 0.4) is 0 Å². The maximum atomic E-state index is 12.2. The maximum absolute atomic E-state index is 12.2. The van der Waals surface area contributed by atoms with E-state index in [9.17, 15) is 4.79 Å². The van der Waals surface area contributed by atoms with Gasteiger partial charge >= 0.3 is 0 Å². The second kappa shape index (κ2) is 6.92. The van der Waals surface area contributed by atoms with Crippen LogP contribution in [-0.4, -0.2) is 15.9 Å². The third-order valence-electron chi connectivity index (χ3n) is 3.84. The molecule has 23 heavy (non-hydrogen) atoms. The Morgan fingerprint density at radius 3 is 2.83 bits per heavy atom. The Balaban J connectivity index is 1.62. The van der Waals surface area contributed by atoms with Crippen LogP contribution in [0.1, 0.15) is 17.5 Å². The standard InChI is InChI=1S/C19H19N3O/c1-14-5-2-3-6-15(14)9-10-19(23)22-17-8-4-7-16(11-17)18-12-20-13-21-18/h2-8,11-13H,9-10H2,1H3,(H,20,21)(H,22,23). The van der Waals surface area contributed by atoms with E-state index in [1.807, 2.05) is 36.4 Å². The summed E-state index contributed by atoms with van der Waals surface area (Å²) in [5, 5.41) is 2.96. The van der Waals surface area contributed by atoms with Gasteiger partial charge < -0.3 is 10.3 Å². The Hall–Kier alpha value is -2.88. The van der Waals surface area contributed by atoms with Gasteiger partial charge in [0, 0.05) is 17.7 Å². The molecule has 4 heteroatoms. The minimum Gasteiger partial charge on any atom is -0.345 e. The Kier molecular flexibility index (Phi) is 4.52. The van der Waals surface area contributed by atoms with Crippen LogP contribution < -0.4 is 5.32 Å². The Morgan fingerprint density at radius 2 is 2.04 bits per heavy atom. The van der Waals surface area contributed by atoms with Crippen LogP contribution in [0.25, 0.3) is 11.3 Å². The van der Waals surface area contributed by atoms with E-state index < -0.39 is 0 Å². The van der Waals surface area contributed by atoms with Crippen molar-refractivity contribution in [2.24, 2.45) is 0 Å². The van der Waals surface area contributed by atoms with Crippen molar-refractivity contribution in [3.63, 3.8) is 0 Å². The molecule has 0 atom stereocenters. The fourth-order valence-electron chi connectivity index (χ4n) is 2.54. The first kappa shape index (κ1) is 15.0. The lowest BCUT2D eigenvalue weighted by Gasteiger charge is -2.08. The summed E-state index contributed by atoms with van der Waals surface area (Å²) in [6.07, 6.45) is 4.62. The van der Waals surface area contributed by atoms with Crippen LogP contribution in [0.5, 0.6) is 0 Å². The average Bonchev–Trinajstić information content (AvgIpc) is 3.09. The fourth-order valence-corrected chi connectivity index (χ4v) is 2.54. The summed E-state index contributed by atoms with van der Waals surface area (Å²) in [4.78, 5) is 19.2. The summed E-state index contributed by atoms with van der Waals surface area (Å²) in [6.45, 7) is 2.07. The molecular formula is C19H19N3O. The second-order valence-corrected chi connectivity index (χ2v) is 5.52. The van der Waals surface area contributed by atoms with Gasteiger partial charge in [-0.3, -0.25) is 4.79 Å². The third-order valence-corrected chi connectivity index (χ3v) is 3.84. The highest BCUT2D eigenvalue weighted by Gasteiger charge is 2.06. The molecule has 0 aliphatic heterocycles. The van der Waals surface area contributed by atoms with E-state index in [4.69, 9.17) is 0 Å². The monoisotopic (exact) mass is 305 g/mol. The number of aromatic amines is 1. The number of hydrogen-bond acceptors (Lipinski definition) is 2. The lowest BCUT2D eigenvalue weighted by molar-refractivity contribution is -0.116. The van der Waals surface area contributed by atoms with Crippen molar-refractivity contribution < 1.29 is 4.79 Å². The van der Waals surface area contributed by atoms with Crippen molar-refractivity contribution in [3.8, 4) is 11.3 Å². The lowest BCUT2D eigenvalue weighted by Crippen LogP contribution is -2.12. The van der Waals surface area contributed by atoms with Gasteiger partial charge in [-0.2, -0.15) is 0 Å². The molecule has 0 spiro atoms. The summed E-state index contributed by atoms with van der Waals surface area (Å²) in [6, 6.07) is 15.9. The SMILES string of the molecule is Cc1ccccc1CCC(=O)Nc1cccc(-c2cnc[nH]2)c1. The van der Waals surface area contributed by atoms with Crippen LogP contribution in [0.4, 0.5) is 5.69 Å². The molecule has 0 fully saturated rings. The molecule has 0 saturated heterocycles. The number of nitrogens with one attached hydrogen (secondary N) is 2. The molecule has 4 nitrogen and oxygen atoms in total. The average molecular weight is 305 g/mol. The molecule has 1 heterocycles. The Morgan fingerprint density at radius 1 is 1.17 bits per heavy atom. The number of carbonyl (C=O) groups excluding carboxylic acids is 1. The molecule has 0 bridgehead atoms. The number of nitrogens with zero attached hydrogens (tertiary/aromatic N) is 1. The normalized spacial score (nSPS) is 10.5. The van der Waals surface area contributed by atoms with Gasteiger partial charge in [-0.05, 0) is 36.6 Å². The van der Waals surface area contributed by atoms with Crippen LogP contribution >= 0.6 is 0 Å². The smallest absolute Gasteiger partial charge is 0.224 e. The van der Waals surface area contributed by atoms with Gasteiger partial charge in [-0.15, -0.1) is 0 Å². The fraction of sp³-hybridized carbons (Fsp3) is 0.158. The number of anilines is 1. The van der Waals surface area contributed by atoms with Gasteiger partial charge in [-0.1, -0.05) is 36.4 Å². The van der Waals surface area contributed by atoms with E-state index in [-0.39, 0.29) is 5.91 Å². The number of rotatable bonds is 5. The molecule has 3 aromatic rings. The molecule has 0 saturated carbocycles. The zero-order valence-electron chi connectivity index (χ0n) is 13.0. The summed E-state index contributed by atoms with van der Waals surface area (Å²) >= 11 is 0. The zero-order valence-corrected chi connectivity index (χ0v) is 13.0. The number of aromatic nitrogens is 2. The van der Waals surface area contributed by atoms with Gasteiger partial charge in [0.15, 0.2) is 0 Å². The summed E-state index contributed by atoms with van der Waals surface area (Å²) in [7, 11) is 0. The first-order valence-corrected chi connectivity index (χ1v) is 7.65. The minimum atomic E-state index is 0.0232. The lowest BCUT2D eigenvalue weighted by atomic mass is 10.0. The van der Waals surface area contributed by atoms with Crippen LogP contribution in [-0.2, 0) is 11.2 Å². The predicted molar refractivity (Wildman–Crippen MR) is 92.2 cm³/mol. The molecular weight excluding hydrogens is 286 g/mol. The number of carbonyl (C=O) groups is 1. The summed E-state index contributed by atoms with van der Waals surface area (Å²) in [5.74, 6) is 0.0232.